The van der Waals surface area contributed by atoms with Gasteiger partial charge in [0.05, 0.1) is 13.2 Å². The second-order valence-electron chi connectivity index (χ2n) is 5.73. The van der Waals surface area contributed by atoms with Crippen LogP contribution in [-0.4, -0.2) is 36.2 Å². The first kappa shape index (κ1) is 16.5. The summed E-state index contributed by atoms with van der Waals surface area (Å²) in [6.07, 6.45) is 4.07. The Morgan fingerprint density at radius 1 is 1.18 bits per heavy atom. The molecule has 2 rings (SSSR count). The van der Waals surface area contributed by atoms with E-state index in [2.05, 4.69) is 5.32 Å². The van der Waals surface area contributed by atoms with E-state index in [1.165, 1.54) is 7.11 Å². The lowest BCUT2D eigenvalue weighted by Gasteiger charge is -2.31. The van der Waals surface area contributed by atoms with Crippen molar-refractivity contribution in [1.82, 2.24) is 5.32 Å². The van der Waals surface area contributed by atoms with Gasteiger partial charge >= 0.3 is 5.97 Å². The minimum atomic E-state index is -1.03. The molecule has 1 aliphatic rings. The average Bonchev–Trinajstić information content (AvgIpc) is 2.59. The molecular formula is C17H23NO4. The number of hydrogen-bond acceptors (Lipinski definition) is 4. The number of methoxy groups -OCH3 is 1. The third kappa shape index (κ3) is 4.07. The molecule has 2 atom stereocenters. The van der Waals surface area contributed by atoms with Crippen LogP contribution in [0.2, 0.25) is 0 Å². The standard InChI is InChI=1S/C17H23NO4/c1-22-17(21)14(15(19)12-8-4-2-5-9-12)18-16(20)13-10-6-3-7-11-13/h3,6-7,10-12,14-15,19H,2,4-5,8-9H2,1H3,(H,18,20)/t14-,15-/m0/s1. The number of carbonyl (C=O) groups is 2. The molecule has 1 saturated carbocycles. The number of ether oxygens (including phenoxy) is 1. The lowest BCUT2D eigenvalue weighted by molar-refractivity contribution is -0.147. The molecule has 120 valence electrons. The van der Waals surface area contributed by atoms with Gasteiger partial charge in [-0.05, 0) is 30.9 Å². The van der Waals surface area contributed by atoms with Gasteiger partial charge in [0.1, 0.15) is 0 Å². The molecule has 0 radical (unpaired) electrons. The van der Waals surface area contributed by atoms with Crippen LogP contribution in [-0.2, 0) is 9.53 Å². The molecule has 22 heavy (non-hydrogen) atoms. The number of amides is 1. The number of rotatable bonds is 5. The maximum absolute atomic E-state index is 12.2. The summed E-state index contributed by atoms with van der Waals surface area (Å²) >= 11 is 0. The van der Waals surface area contributed by atoms with Crippen LogP contribution in [0.5, 0.6) is 0 Å². The molecule has 0 unspecified atom stereocenters. The van der Waals surface area contributed by atoms with E-state index < -0.39 is 18.1 Å². The molecule has 5 heteroatoms. The smallest absolute Gasteiger partial charge is 0.331 e. The highest BCUT2D eigenvalue weighted by Crippen LogP contribution is 2.28. The van der Waals surface area contributed by atoms with Crippen molar-refractivity contribution in [2.24, 2.45) is 5.92 Å². The van der Waals surface area contributed by atoms with Crippen LogP contribution in [0.1, 0.15) is 42.5 Å². The topological polar surface area (TPSA) is 75.6 Å². The minimum Gasteiger partial charge on any atom is -0.467 e. The molecule has 0 heterocycles. The highest BCUT2D eigenvalue weighted by molar-refractivity contribution is 5.96. The second-order valence-corrected chi connectivity index (χ2v) is 5.73. The third-order valence-electron chi connectivity index (χ3n) is 4.25. The number of esters is 1. The molecule has 1 amide bonds. The van der Waals surface area contributed by atoms with Crippen molar-refractivity contribution in [3.8, 4) is 0 Å². The zero-order valence-electron chi connectivity index (χ0n) is 12.8. The van der Waals surface area contributed by atoms with Gasteiger partial charge in [0.2, 0.25) is 0 Å². The predicted octanol–water partition coefficient (Wildman–Crippen LogP) is 1.90. The number of nitrogens with one attached hydrogen (secondary N) is 1. The lowest BCUT2D eigenvalue weighted by Crippen LogP contribution is -2.52. The molecule has 1 aromatic carbocycles. The molecule has 1 fully saturated rings. The van der Waals surface area contributed by atoms with Crippen LogP contribution in [0.25, 0.3) is 0 Å². The van der Waals surface area contributed by atoms with Crippen molar-refractivity contribution in [2.45, 2.75) is 44.2 Å². The molecule has 0 saturated heterocycles. The first-order chi connectivity index (χ1) is 10.6. The molecule has 0 bridgehead atoms. The average molecular weight is 305 g/mol. The molecule has 5 nitrogen and oxygen atoms in total. The normalized spacial score (nSPS) is 18.3. The van der Waals surface area contributed by atoms with E-state index in [1.807, 2.05) is 6.07 Å². The molecule has 0 aromatic heterocycles. The van der Waals surface area contributed by atoms with Crippen molar-refractivity contribution in [3.63, 3.8) is 0 Å². The van der Waals surface area contributed by atoms with Crippen molar-refractivity contribution >= 4 is 11.9 Å². The third-order valence-corrected chi connectivity index (χ3v) is 4.25. The van der Waals surface area contributed by atoms with Gasteiger partial charge in [-0.15, -0.1) is 0 Å². The van der Waals surface area contributed by atoms with Crippen molar-refractivity contribution < 1.29 is 19.4 Å². The monoisotopic (exact) mass is 305 g/mol. The zero-order valence-corrected chi connectivity index (χ0v) is 12.8. The van der Waals surface area contributed by atoms with E-state index in [1.54, 1.807) is 24.3 Å². The summed E-state index contributed by atoms with van der Waals surface area (Å²) in [5.41, 5.74) is 0.451. The molecular weight excluding hydrogens is 282 g/mol. The summed E-state index contributed by atoms with van der Waals surface area (Å²) in [5, 5.41) is 13.1. The van der Waals surface area contributed by atoms with Gasteiger partial charge in [0.25, 0.3) is 5.91 Å². The van der Waals surface area contributed by atoms with Crippen LogP contribution in [0.3, 0.4) is 0 Å². The van der Waals surface area contributed by atoms with Crippen LogP contribution in [0.4, 0.5) is 0 Å². The van der Waals surface area contributed by atoms with Crippen molar-refractivity contribution in [2.75, 3.05) is 7.11 Å². The number of carbonyl (C=O) groups excluding carboxylic acids is 2. The van der Waals surface area contributed by atoms with E-state index in [-0.39, 0.29) is 11.8 Å². The largest absolute Gasteiger partial charge is 0.467 e. The van der Waals surface area contributed by atoms with Gasteiger partial charge in [0, 0.05) is 5.56 Å². The fourth-order valence-corrected chi connectivity index (χ4v) is 2.97. The minimum absolute atomic E-state index is 0.0222. The summed E-state index contributed by atoms with van der Waals surface area (Å²) < 4.78 is 4.75. The molecule has 0 aliphatic heterocycles. The number of aliphatic hydroxyl groups is 1. The Hall–Kier alpha value is -1.88. The van der Waals surface area contributed by atoms with E-state index in [4.69, 9.17) is 4.74 Å². The van der Waals surface area contributed by atoms with Crippen LogP contribution in [0, 0.1) is 5.92 Å². The fraction of sp³-hybridized carbons (Fsp3) is 0.529. The van der Waals surface area contributed by atoms with E-state index >= 15 is 0 Å². The SMILES string of the molecule is COC(=O)[C@@H](NC(=O)c1ccccc1)[C@@H](O)C1CCCCC1. The first-order valence-corrected chi connectivity index (χ1v) is 7.75. The Balaban J connectivity index is 2.08. The zero-order chi connectivity index (χ0) is 15.9. The maximum atomic E-state index is 12.2. The second kappa shape index (κ2) is 7.94. The molecule has 1 aliphatic carbocycles. The predicted molar refractivity (Wildman–Crippen MR) is 82.3 cm³/mol. The van der Waals surface area contributed by atoms with Gasteiger partial charge in [-0.25, -0.2) is 4.79 Å². The first-order valence-electron chi connectivity index (χ1n) is 7.75. The van der Waals surface area contributed by atoms with Crippen LogP contribution in [0.15, 0.2) is 30.3 Å². The van der Waals surface area contributed by atoms with Crippen LogP contribution < -0.4 is 5.32 Å². The van der Waals surface area contributed by atoms with E-state index in [0.29, 0.717) is 5.56 Å². The Kier molecular flexibility index (Phi) is 5.95. The summed E-state index contributed by atoms with van der Waals surface area (Å²) in [6, 6.07) is 7.61. The molecule has 1 aromatic rings. The lowest BCUT2D eigenvalue weighted by atomic mass is 9.82. The van der Waals surface area contributed by atoms with Gasteiger partial charge < -0.3 is 15.2 Å². The van der Waals surface area contributed by atoms with Gasteiger partial charge in [-0.1, -0.05) is 37.5 Å². The Morgan fingerprint density at radius 2 is 1.82 bits per heavy atom. The van der Waals surface area contributed by atoms with Crippen molar-refractivity contribution in [1.29, 1.82) is 0 Å². The highest BCUT2D eigenvalue weighted by Gasteiger charge is 2.35. The summed E-state index contributed by atoms with van der Waals surface area (Å²) in [7, 11) is 1.26. The Bertz CT molecular complexity index is 497. The number of benzene rings is 1. The number of hydrogen-bond donors (Lipinski definition) is 2. The molecule has 2 N–H and O–H groups in total. The Morgan fingerprint density at radius 3 is 2.41 bits per heavy atom. The van der Waals surface area contributed by atoms with Crippen molar-refractivity contribution in [3.05, 3.63) is 35.9 Å². The fourth-order valence-electron chi connectivity index (χ4n) is 2.97. The Labute approximate surface area is 130 Å². The van der Waals surface area contributed by atoms with Gasteiger partial charge in [0.15, 0.2) is 6.04 Å². The molecule has 0 spiro atoms. The summed E-state index contributed by atoms with van der Waals surface area (Å²) in [5.74, 6) is -0.970. The van der Waals surface area contributed by atoms with E-state index in [9.17, 15) is 14.7 Å². The quantitative estimate of drug-likeness (QED) is 0.815. The highest BCUT2D eigenvalue weighted by atomic mass is 16.5. The van der Waals surface area contributed by atoms with E-state index in [0.717, 1.165) is 32.1 Å². The summed E-state index contributed by atoms with van der Waals surface area (Å²) in [6.45, 7) is 0. The van der Waals surface area contributed by atoms with Gasteiger partial charge in [-0.2, -0.15) is 0 Å². The maximum Gasteiger partial charge on any atom is 0.331 e. The number of aliphatic hydroxyl groups excluding tert-OH is 1. The van der Waals surface area contributed by atoms with Gasteiger partial charge in [-0.3, -0.25) is 4.79 Å². The summed E-state index contributed by atoms with van der Waals surface area (Å²) in [4.78, 5) is 24.2. The van der Waals surface area contributed by atoms with Crippen LogP contribution >= 0.6 is 0 Å².